The molecule has 3 heteroatoms. The molecule has 0 spiro atoms. The fraction of sp³-hybridized carbons (Fsp3) is 1.00. The maximum absolute atomic E-state index is 9.30. The largest absolute Gasteiger partial charge is 0.392 e. The molecule has 1 saturated heterocycles. The summed E-state index contributed by atoms with van der Waals surface area (Å²) in [5.74, 6) is 0. The van der Waals surface area contributed by atoms with Crippen molar-refractivity contribution in [1.29, 1.82) is 0 Å². The SMILES string of the molecule is CCC(O)[C@H]1CCCN1.Cl. The summed E-state index contributed by atoms with van der Waals surface area (Å²) in [5, 5.41) is 12.6. The van der Waals surface area contributed by atoms with Crippen LogP contribution >= 0.6 is 12.4 Å². The van der Waals surface area contributed by atoms with Crippen LogP contribution in [0.15, 0.2) is 0 Å². The monoisotopic (exact) mass is 165 g/mol. The molecule has 0 aromatic heterocycles. The molecule has 0 saturated carbocycles. The van der Waals surface area contributed by atoms with E-state index >= 15 is 0 Å². The molecule has 0 aromatic rings. The number of hydrogen-bond donors (Lipinski definition) is 2. The minimum Gasteiger partial charge on any atom is -0.392 e. The number of hydrogen-bond acceptors (Lipinski definition) is 2. The quantitative estimate of drug-likeness (QED) is 0.638. The van der Waals surface area contributed by atoms with Crippen molar-refractivity contribution in [2.75, 3.05) is 6.54 Å². The lowest BCUT2D eigenvalue weighted by Gasteiger charge is -2.15. The zero-order chi connectivity index (χ0) is 6.69. The highest BCUT2D eigenvalue weighted by Crippen LogP contribution is 2.10. The highest BCUT2D eigenvalue weighted by atomic mass is 35.5. The summed E-state index contributed by atoms with van der Waals surface area (Å²) in [6.45, 7) is 3.10. The van der Waals surface area contributed by atoms with E-state index in [0.717, 1.165) is 19.4 Å². The first kappa shape index (κ1) is 10.2. The Morgan fingerprint density at radius 1 is 1.70 bits per heavy atom. The van der Waals surface area contributed by atoms with Gasteiger partial charge < -0.3 is 10.4 Å². The second-order valence-corrected chi connectivity index (χ2v) is 2.68. The number of rotatable bonds is 2. The Bertz CT molecular complexity index is 83.7. The van der Waals surface area contributed by atoms with Gasteiger partial charge in [-0.25, -0.2) is 0 Å². The Hall–Kier alpha value is 0.210. The van der Waals surface area contributed by atoms with Crippen LogP contribution in [0, 0.1) is 0 Å². The second kappa shape index (κ2) is 4.94. The predicted molar refractivity (Wildman–Crippen MR) is 44.6 cm³/mol. The Morgan fingerprint density at radius 2 is 2.40 bits per heavy atom. The van der Waals surface area contributed by atoms with Crippen LogP contribution in [-0.2, 0) is 0 Å². The fourth-order valence-corrected chi connectivity index (χ4v) is 1.32. The molecule has 1 heterocycles. The lowest BCUT2D eigenvalue weighted by atomic mass is 10.1. The van der Waals surface area contributed by atoms with Crippen LogP contribution in [0.1, 0.15) is 26.2 Å². The smallest absolute Gasteiger partial charge is 0.0690 e. The van der Waals surface area contributed by atoms with Crippen molar-refractivity contribution in [3.05, 3.63) is 0 Å². The van der Waals surface area contributed by atoms with E-state index in [1.165, 1.54) is 6.42 Å². The van der Waals surface area contributed by atoms with E-state index in [2.05, 4.69) is 5.32 Å². The molecule has 0 aromatic carbocycles. The van der Waals surface area contributed by atoms with Crippen molar-refractivity contribution < 1.29 is 5.11 Å². The first-order valence-corrected chi connectivity index (χ1v) is 3.76. The molecule has 2 N–H and O–H groups in total. The van der Waals surface area contributed by atoms with E-state index in [4.69, 9.17) is 0 Å². The molecule has 2 nitrogen and oxygen atoms in total. The summed E-state index contributed by atoms with van der Waals surface area (Å²) in [4.78, 5) is 0. The molecule has 62 valence electrons. The van der Waals surface area contributed by atoms with E-state index in [-0.39, 0.29) is 18.5 Å². The molecule has 0 bridgehead atoms. The maximum atomic E-state index is 9.30. The molecular weight excluding hydrogens is 150 g/mol. The van der Waals surface area contributed by atoms with Gasteiger partial charge in [0.15, 0.2) is 0 Å². The fourth-order valence-electron chi connectivity index (χ4n) is 1.32. The highest BCUT2D eigenvalue weighted by Gasteiger charge is 2.20. The normalized spacial score (nSPS) is 27.6. The summed E-state index contributed by atoms with van der Waals surface area (Å²) in [5.41, 5.74) is 0. The van der Waals surface area contributed by atoms with E-state index < -0.39 is 0 Å². The van der Waals surface area contributed by atoms with E-state index in [1.54, 1.807) is 0 Å². The van der Waals surface area contributed by atoms with Crippen molar-refractivity contribution in [2.24, 2.45) is 0 Å². The van der Waals surface area contributed by atoms with Gasteiger partial charge in [-0.3, -0.25) is 0 Å². The minimum atomic E-state index is -0.118. The summed E-state index contributed by atoms with van der Waals surface area (Å²) in [7, 11) is 0. The Balaban J connectivity index is 0.000000810. The van der Waals surface area contributed by atoms with Crippen molar-refractivity contribution in [3.63, 3.8) is 0 Å². The zero-order valence-corrected chi connectivity index (χ0v) is 7.16. The van der Waals surface area contributed by atoms with Crippen LogP contribution < -0.4 is 5.32 Å². The van der Waals surface area contributed by atoms with Gasteiger partial charge in [-0.2, -0.15) is 0 Å². The van der Waals surface area contributed by atoms with Crippen molar-refractivity contribution in [1.82, 2.24) is 5.32 Å². The number of halogens is 1. The number of nitrogens with one attached hydrogen (secondary N) is 1. The van der Waals surface area contributed by atoms with Crippen LogP contribution in [0.2, 0.25) is 0 Å². The number of aliphatic hydroxyl groups is 1. The first-order chi connectivity index (χ1) is 4.34. The third-order valence-electron chi connectivity index (χ3n) is 1.98. The van der Waals surface area contributed by atoms with Gasteiger partial charge in [0.2, 0.25) is 0 Å². The molecular formula is C7H16ClNO. The molecule has 0 amide bonds. The Morgan fingerprint density at radius 3 is 2.80 bits per heavy atom. The van der Waals surface area contributed by atoms with E-state index in [0.29, 0.717) is 6.04 Å². The average molecular weight is 166 g/mol. The maximum Gasteiger partial charge on any atom is 0.0690 e. The average Bonchev–Trinajstić information content (AvgIpc) is 2.37. The van der Waals surface area contributed by atoms with Crippen LogP contribution in [0.5, 0.6) is 0 Å². The van der Waals surface area contributed by atoms with Crippen LogP contribution in [0.3, 0.4) is 0 Å². The molecule has 1 aliphatic heterocycles. The van der Waals surface area contributed by atoms with Crippen LogP contribution in [0.25, 0.3) is 0 Å². The summed E-state index contributed by atoms with van der Waals surface area (Å²) >= 11 is 0. The Kier molecular flexibility index (Phi) is 5.04. The van der Waals surface area contributed by atoms with Gasteiger partial charge in [0.1, 0.15) is 0 Å². The van der Waals surface area contributed by atoms with E-state index in [1.807, 2.05) is 6.92 Å². The van der Waals surface area contributed by atoms with E-state index in [9.17, 15) is 5.11 Å². The van der Waals surface area contributed by atoms with Crippen molar-refractivity contribution in [2.45, 2.75) is 38.3 Å². The van der Waals surface area contributed by atoms with Gasteiger partial charge in [-0.1, -0.05) is 6.92 Å². The molecule has 1 unspecified atom stereocenters. The first-order valence-electron chi connectivity index (χ1n) is 3.76. The van der Waals surface area contributed by atoms with Gasteiger partial charge in [0.25, 0.3) is 0 Å². The standard InChI is InChI=1S/C7H15NO.ClH/c1-2-7(9)6-4-3-5-8-6;/h6-9H,2-5H2,1H3;1H/t6-,7?;/m1./s1. The van der Waals surface area contributed by atoms with Crippen LogP contribution in [-0.4, -0.2) is 23.8 Å². The number of aliphatic hydroxyl groups excluding tert-OH is 1. The molecule has 0 radical (unpaired) electrons. The molecule has 1 aliphatic rings. The molecule has 1 rings (SSSR count). The highest BCUT2D eigenvalue weighted by molar-refractivity contribution is 5.85. The lowest BCUT2D eigenvalue weighted by molar-refractivity contribution is 0.132. The summed E-state index contributed by atoms with van der Waals surface area (Å²) in [6.07, 6.45) is 3.13. The van der Waals surface area contributed by atoms with Crippen LogP contribution in [0.4, 0.5) is 0 Å². The third kappa shape index (κ3) is 2.45. The molecule has 1 fully saturated rings. The van der Waals surface area contributed by atoms with Gasteiger partial charge >= 0.3 is 0 Å². The van der Waals surface area contributed by atoms with Crippen molar-refractivity contribution >= 4 is 12.4 Å². The predicted octanol–water partition coefficient (Wildman–Crippen LogP) is 0.931. The summed E-state index contributed by atoms with van der Waals surface area (Å²) in [6, 6.07) is 0.384. The lowest BCUT2D eigenvalue weighted by Crippen LogP contribution is -2.33. The summed E-state index contributed by atoms with van der Waals surface area (Å²) < 4.78 is 0. The topological polar surface area (TPSA) is 32.3 Å². The zero-order valence-electron chi connectivity index (χ0n) is 6.34. The van der Waals surface area contributed by atoms with Gasteiger partial charge in [-0.15, -0.1) is 12.4 Å². The van der Waals surface area contributed by atoms with Gasteiger partial charge in [0, 0.05) is 6.04 Å². The minimum absolute atomic E-state index is 0. The molecule has 0 aliphatic carbocycles. The van der Waals surface area contributed by atoms with Crippen molar-refractivity contribution in [3.8, 4) is 0 Å². The third-order valence-corrected chi connectivity index (χ3v) is 1.98. The second-order valence-electron chi connectivity index (χ2n) is 2.68. The molecule has 2 atom stereocenters. The Labute approximate surface area is 68.4 Å². The van der Waals surface area contributed by atoms with Gasteiger partial charge in [0.05, 0.1) is 6.10 Å². The van der Waals surface area contributed by atoms with Gasteiger partial charge in [-0.05, 0) is 25.8 Å². The molecule has 10 heavy (non-hydrogen) atoms.